The molecule has 3 N–H and O–H groups in total. The monoisotopic (exact) mass is 305 g/mol. The Morgan fingerprint density at radius 2 is 2.43 bits per heavy atom. The van der Waals surface area contributed by atoms with Crippen molar-refractivity contribution in [1.29, 1.82) is 0 Å². The van der Waals surface area contributed by atoms with Gasteiger partial charge < -0.3 is 20.4 Å². The molecule has 0 radical (unpaired) electrons. The number of piperazine rings is 1. The lowest BCUT2D eigenvalue weighted by Gasteiger charge is -2.34. The van der Waals surface area contributed by atoms with Crippen molar-refractivity contribution in [2.24, 2.45) is 5.73 Å². The molecule has 1 aliphatic rings. The minimum atomic E-state index is -0.581. The standard InChI is InChI=1S/C14H15N3O3S/c15-7-10-6-9(8-20-10)14(19)17-4-3-16-13(18)12(17)11-2-1-5-21-11/h1-2,5-6,8,12H,3-4,7,15H2,(H,16,18). The van der Waals surface area contributed by atoms with E-state index in [1.165, 1.54) is 17.6 Å². The van der Waals surface area contributed by atoms with E-state index < -0.39 is 6.04 Å². The van der Waals surface area contributed by atoms with Crippen LogP contribution in [0.15, 0.2) is 34.3 Å². The third-order valence-electron chi connectivity index (χ3n) is 3.39. The van der Waals surface area contributed by atoms with E-state index in [0.717, 1.165) is 4.88 Å². The summed E-state index contributed by atoms with van der Waals surface area (Å²) in [6, 6.07) is 4.78. The van der Waals surface area contributed by atoms with Gasteiger partial charge in [0.2, 0.25) is 5.91 Å². The summed E-state index contributed by atoms with van der Waals surface area (Å²) < 4.78 is 5.21. The summed E-state index contributed by atoms with van der Waals surface area (Å²) in [6.45, 7) is 1.16. The third-order valence-corrected chi connectivity index (χ3v) is 4.31. The minimum Gasteiger partial charge on any atom is -0.467 e. The molecule has 0 aliphatic carbocycles. The highest BCUT2D eigenvalue weighted by molar-refractivity contribution is 7.10. The van der Waals surface area contributed by atoms with Gasteiger partial charge in [-0.05, 0) is 17.5 Å². The lowest BCUT2D eigenvalue weighted by atomic mass is 10.1. The van der Waals surface area contributed by atoms with Gasteiger partial charge in [-0.3, -0.25) is 9.59 Å². The van der Waals surface area contributed by atoms with Gasteiger partial charge in [-0.25, -0.2) is 0 Å². The normalized spacial score (nSPS) is 18.6. The zero-order valence-corrected chi connectivity index (χ0v) is 12.1. The maximum absolute atomic E-state index is 12.6. The first-order valence-corrected chi connectivity index (χ1v) is 7.48. The van der Waals surface area contributed by atoms with E-state index >= 15 is 0 Å². The molecule has 1 unspecified atom stereocenters. The van der Waals surface area contributed by atoms with Crippen molar-refractivity contribution in [1.82, 2.24) is 10.2 Å². The van der Waals surface area contributed by atoms with Crippen molar-refractivity contribution in [3.05, 3.63) is 46.0 Å². The summed E-state index contributed by atoms with van der Waals surface area (Å²) in [5.41, 5.74) is 5.91. The zero-order chi connectivity index (χ0) is 14.8. The predicted octanol–water partition coefficient (Wildman–Crippen LogP) is 1.11. The Bertz CT molecular complexity index is 650. The quantitative estimate of drug-likeness (QED) is 0.889. The largest absolute Gasteiger partial charge is 0.467 e. The van der Waals surface area contributed by atoms with Gasteiger partial charge in [0.1, 0.15) is 18.1 Å². The molecule has 3 rings (SSSR count). The van der Waals surface area contributed by atoms with Crippen LogP contribution in [0.4, 0.5) is 0 Å². The number of furan rings is 1. The van der Waals surface area contributed by atoms with Gasteiger partial charge in [0, 0.05) is 18.0 Å². The molecule has 2 aromatic heterocycles. The summed E-state index contributed by atoms with van der Waals surface area (Å²) in [5, 5.41) is 4.70. The average molecular weight is 305 g/mol. The molecular formula is C14H15N3O3S. The van der Waals surface area contributed by atoms with Crippen LogP contribution >= 0.6 is 11.3 Å². The number of nitrogens with zero attached hydrogens (tertiary/aromatic N) is 1. The zero-order valence-electron chi connectivity index (χ0n) is 11.2. The van der Waals surface area contributed by atoms with E-state index in [-0.39, 0.29) is 18.4 Å². The fourth-order valence-electron chi connectivity index (χ4n) is 2.38. The Morgan fingerprint density at radius 3 is 3.10 bits per heavy atom. The Balaban J connectivity index is 1.90. The molecule has 1 fully saturated rings. The van der Waals surface area contributed by atoms with Crippen LogP contribution in [-0.2, 0) is 11.3 Å². The Kier molecular flexibility index (Phi) is 3.76. The number of hydrogen-bond donors (Lipinski definition) is 2. The van der Waals surface area contributed by atoms with Crippen molar-refractivity contribution >= 4 is 23.2 Å². The van der Waals surface area contributed by atoms with E-state index in [1.807, 2.05) is 17.5 Å². The summed E-state index contributed by atoms with van der Waals surface area (Å²) in [6.07, 6.45) is 1.39. The highest BCUT2D eigenvalue weighted by Gasteiger charge is 2.35. The van der Waals surface area contributed by atoms with Gasteiger partial charge in [0.25, 0.3) is 5.91 Å². The number of amides is 2. The lowest BCUT2D eigenvalue weighted by Crippen LogP contribution is -2.51. The lowest BCUT2D eigenvalue weighted by molar-refractivity contribution is -0.127. The van der Waals surface area contributed by atoms with Crippen molar-refractivity contribution in [3.8, 4) is 0 Å². The molecule has 0 spiro atoms. The van der Waals surface area contributed by atoms with Crippen LogP contribution < -0.4 is 11.1 Å². The third kappa shape index (κ3) is 2.57. The number of carbonyl (C=O) groups excluding carboxylic acids is 2. The molecule has 1 saturated heterocycles. The van der Waals surface area contributed by atoms with Gasteiger partial charge >= 0.3 is 0 Å². The fraction of sp³-hybridized carbons (Fsp3) is 0.286. The first-order valence-electron chi connectivity index (χ1n) is 6.60. The minimum absolute atomic E-state index is 0.153. The molecule has 0 aromatic carbocycles. The smallest absolute Gasteiger partial charge is 0.258 e. The van der Waals surface area contributed by atoms with Crippen LogP contribution in [-0.4, -0.2) is 29.8 Å². The molecular weight excluding hydrogens is 290 g/mol. The van der Waals surface area contributed by atoms with Gasteiger partial charge in [-0.15, -0.1) is 11.3 Å². The van der Waals surface area contributed by atoms with E-state index in [0.29, 0.717) is 24.4 Å². The van der Waals surface area contributed by atoms with Crippen LogP contribution in [0.5, 0.6) is 0 Å². The fourth-order valence-corrected chi connectivity index (χ4v) is 3.22. The van der Waals surface area contributed by atoms with Crippen molar-refractivity contribution in [2.75, 3.05) is 13.1 Å². The molecule has 2 amide bonds. The highest BCUT2D eigenvalue weighted by Crippen LogP contribution is 2.28. The first kappa shape index (κ1) is 13.8. The average Bonchev–Trinajstić information content (AvgIpc) is 3.17. The summed E-state index contributed by atoms with van der Waals surface area (Å²) in [4.78, 5) is 27.2. The number of nitrogens with one attached hydrogen (secondary N) is 1. The van der Waals surface area contributed by atoms with Gasteiger partial charge in [0.15, 0.2) is 0 Å². The second-order valence-electron chi connectivity index (χ2n) is 4.71. The molecule has 1 atom stereocenters. The summed E-state index contributed by atoms with van der Waals surface area (Å²) in [7, 11) is 0. The van der Waals surface area contributed by atoms with Crippen LogP contribution in [0.1, 0.15) is 27.0 Å². The molecule has 7 heteroatoms. The van der Waals surface area contributed by atoms with Crippen LogP contribution in [0.25, 0.3) is 0 Å². The highest BCUT2D eigenvalue weighted by atomic mass is 32.1. The second-order valence-corrected chi connectivity index (χ2v) is 5.69. The van der Waals surface area contributed by atoms with E-state index in [1.54, 1.807) is 11.0 Å². The topological polar surface area (TPSA) is 88.6 Å². The number of thiophene rings is 1. The molecule has 0 saturated carbocycles. The predicted molar refractivity (Wildman–Crippen MR) is 77.7 cm³/mol. The number of rotatable bonds is 3. The Labute approximate surface area is 125 Å². The van der Waals surface area contributed by atoms with Gasteiger partial charge in [-0.1, -0.05) is 6.07 Å². The van der Waals surface area contributed by atoms with Crippen molar-refractivity contribution in [3.63, 3.8) is 0 Å². The molecule has 3 heterocycles. The summed E-state index contributed by atoms with van der Waals surface area (Å²) >= 11 is 1.46. The maximum Gasteiger partial charge on any atom is 0.258 e. The Morgan fingerprint density at radius 1 is 1.57 bits per heavy atom. The SMILES string of the molecule is NCc1cc(C(=O)N2CCNC(=O)C2c2cccs2)co1. The molecule has 2 aromatic rings. The van der Waals surface area contributed by atoms with Gasteiger partial charge in [0.05, 0.1) is 12.1 Å². The first-order chi connectivity index (χ1) is 10.2. The molecule has 1 aliphatic heterocycles. The second kappa shape index (κ2) is 5.71. The van der Waals surface area contributed by atoms with E-state index in [4.69, 9.17) is 10.2 Å². The molecule has 110 valence electrons. The number of nitrogens with two attached hydrogens (primary N) is 1. The molecule has 21 heavy (non-hydrogen) atoms. The van der Waals surface area contributed by atoms with Gasteiger partial charge in [-0.2, -0.15) is 0 Å². The number of carbonyl (C=O) groups is 2. The van der Waals surface area contributed by atoms with Crippen LogP contribution in [0.2, 0.25) is 0 Å². The van der Waals surface area contributed by atoms with Crippen LogP contribution in [0, 0.1) is 0 Å². The summed E-state index contributed by atoms with van der Waals surface area (Å²) in [5.74, 6) is 0.179. The Hall–Kier alpha value is -2.12. The van der Waals surface area contributed by atoms with Crippen LogP contribution in [0.3, 0.4) is 0 Å². The van der Waals surface area contributed by atoms with E-state index in [2.05, 4.69) is 5.32 Å². The number of hydrogen-bond acceptors (Lipinski definition) is 5. The van der Waals surface area contributed by atoms with Crippen molar-refractivity contribution < 1.29 is 14.0 Å². The van der Waals surface area contributed by atoms with Crippen molar-refractivity contribution in [2.45, 2.75) is 12.6 Å². The maximum atomic E-state index is 12.6. The molecule has 6 nitrogen and oxygen atoms in total. The molecule has 0 bridgehead atoms. The van der Waals surface area contributed by atoms with E-state index in [9.17, 15) is 9.59 Å².